The molecular weight excluding hydrogens is 312 g/mol. The fourth-order valence-electron chi connectivity index (χ4n) is 2.65. The first-order chi connectivity index (χ1) is 11.9. The smallest absolute Gasteiger partial charge is 0.141 e. The van der Waals surface area contributed by atoms with Crippen molar-refractivity contribution in [1.29, 1.82) is 0 Å². The molecule has 0 spiro atoms. The second kappa shape index (κ2) is 6.81. The molecule has 0 amide bonds. The summed E-state index contributed by atoms with van der Waals surface area (Å²) in [7, 11) is 0. The molecule has 5 rings (SSSR count). The third-order valence-corrected chi connectivity index (χ3v) is 4.71. The number of rotatable bonds is 0. The predicted molar refractivity (Wildman–Crippen MR) is 104 cm³/mol. The summed E-state index contributed by atoms with van der Waals surface area (Å²) in [6.45, 7) is 0. The van der Waals surface area contributed by atoms with Crippen LogP contribution < -0.4 is 4.74 Å². The quantitative estimate of drug-likeness (QED) is 0.472. The van der Waals surface area contributed by atoms with Crippen LogP contribution in [0.5, 0.6) is 5.75 Å². The SMILES string of the molecule is C1=CSC2=Cc3ccccc3OC2=C1.c1ccc2ccccc2c1. The summed E-state index contributed by atoms with van der Waals surface area (Å²) in [6, 6.07) is 24.8. The summed E-state index contributed by atoms with van der Waals surface area (Å²) < 4.78 is 5.76. The van der Waals surface area contributed by atoms with Crippen molar-refractivity contribution >= 4 is 28.6 Å². The molecule has 0 radical (unpaired) electrons. The van der Waals surface area contributed by atoms with Crippen LogP contribution in [0.25, 0.3) is 16.8 Å². The number of benzene rings is 3. The molecule has 3 aromatic carbocycles. The van der Waals surface area contributed by atoms with Gasteiger partial charge in [-0.3, -0.25) is 0 Å². The first kappa shape index (κ1) is 14.9. The minimum Gasteiger partial charge on any atom is -0.456 e. The standard InChI is InChI=1S/C12H8OS.C10H8/c1-2-5-10-9(4-1)8-12-11(13-10)6-3-7-14-12;1-2-6-10-8-4-3-7-9(10)5-1/h1-8H;1-8H. The minimum atomic E-state index is 0.943. The molecule has 1 nitrogen and oxygen atoms in total. The van der Waals surface area contributed by atoms with Gasteiger partial charge in [-0.05, 0) is 34.4 Å². The Morgan fingerprint density at radius 1 is 0.708 bits per heavy atom. The second-order valence-electron chi connectivity index (χ2n) is 5.47. The fourth-order valence-corrected chi connectivity index (χ4v) is 3.38. The Morgan fingerprint density at radius 2 is 1.33 bits per heavy atom. The van der Waals surface area contributed by atoms with Crippen LogP contribution in [-0.2, 0) is 0 Å². The second-order valence-corrected chi connectivity index (χ2v) is 6.42. The molecule has 2 aliphatic heterocycles. The molecule has 0 bridgehead atoms. The largest absolute Gasteiger partial charge is 0.456 e. The summed E-state index contributed by atoms with van der Waals surface area (Å²) in [5, 5.41) is 4.68. The average Bonchev–Trinajstić information content (AvgIpc) is 2.67. The van der Waals surface area contributed by atoms with Crippen molar-refractivity contribution in [3.8, 4) is 5.75 Å². The van der Waals surface area contributed by atoms with Crippen molar-refractivity contribution in [3.05, 3.63) is 107 Å². The van der Waals surface area contributed by atoms with Crippen LogP contribution in [0.2, 0.25) is 0 Å². The third-order valence-electron chi connectivity index (χ3n) is 3.85. The lowest BCUT2D eigenvalue weighted by molar-refractivity contribution is 0.437. The predicted octanol–water partition coefficient (Wildman–Crippen LogP) is 6.40. The zero-order valence-corrected chi connectivity index (χ0v) is 13.9. The van der Waals surface area contributed by atoms with Crippen molar-refractivity contribution < 1.29 is 4.74 Å². The molecule has 24 heavy (non-hydrogen) atoms. The molecular formula is C22H16OS. The van der Waals surface area contributed by atoms with E-state index >= 15 is 0 Å². The molecule has 3 aromatic rings. The lowest BCUT2D eigenvalue weighted by atomic mass is 10.1. The lowest BCUT2D eigenvalue weighted by Gasteiger charge is -2.20. The summed E-state index contributed by atoms with van der Waals surface area (Å²) >= 11 is 1.70. The van der Waals surface area contributed by atoms with E-state index in [0.717, 1.165) is 17.1 Å². The Labute approximate surface area is 146 Å². The van der Waals surface area contributed by atoms with Crippen molar-refractivity contribution in [1.82, 2.24) is 0 Å². The van der Waals surface area contributed by atoms with Gasteiger partial charge < -0.3 is 4.74 Å². The molecule has 2 aliphatic rings. The van der Waals surface area contributed by atoms with E-state index in [1.54, 1.807) is 11.8 Å². The van der Waals surface area contributed by atoms with E-state index in [1.807, 2.05) is 30.4 Å². The number of allylic oxidation sites excluding steroid dienone is 2. The Morgan fingerprint density at radius 3 is 2.04 bits per heavy atom. The molecule has 0 saturated carbocycles. The molecule has 116 valence electrons. The molecule has 0 fully saturated rings. The number of thioether (sulfide) groups is 1. The molecule has 0 saturated heterocycles. The fraction of sp³-hybridized carbons (Fsp3) is 0. The molecule has 0 N–H and O–H groups in total. The van der Waals surface area contributed by atoms with Gasteiger partial charge in [0, 0.05) is 5.56 Å². The van der Waals surface area contributed by atoms with Crippen LogP contribution in [0, 0.1) is 0 Å². The minimum absolute atomic E-state index is 0.943. The molecule has 0 unspecified atom stereocenters. The first-order valence-corrected chi connectivity index (χ1v) is 8.74. The van der Waals surface area contributed by atoms with Crippen LogP contribution in [0.15, 0.2) is 101 Å². The van der Waals surface area contributed by atoms with Crippen molar-refractivity contribution in [2.75, 3.05) is 0 Å². The third kappa shape index (κ3) is 3.15. The molecule has 2 heteroatoms. The Balaban J connectivity index is 0.000000129. The van der Waals surface area contributed by atoms with Crippen LogP contribution in [0.1, 0.15) is 5.56 Å². The van der Waals surface area contributed by atoms with E-state index in [4.69, 9.17) is 4.74 Å². The van der Waals surface area contributed by atoms with E-state index in [0.29, 0.717) is 0 Å². The van der Waals surface area contributed by atoms with Crippen LogP contribution in [-0.4, -0.2) is 0 Å². The number of hydrogen-bond acceptors (Lipinski definition) is 2. The lowest BCUT2D eigenvalue weighted by Crippen LogP contribution is -2.04. The van der Waals surface area contributed by atoms with Crippen molar-refractivity contribution in [2.24, 2.45) is 0 Å². The van der Waals surface area contributed by atoms with Gasteiger partial charge in [-0.1, -0.05) is 84.6 Å². The monoisotopic (exact) mass is 328 g/mol. The maximum absolute atomic E-state index is 5.76. The van der Waals surface area contributed by atoms with Gasteiger partial charge in [0.2, 0.25) is 0 Å². The van der Waals surface area contributed by atoms with Gasteiger partial charge in [-0.2, -0.15) is 0 Å². The Hall–Kier alpha value is -2.71. The Kier molecular flexibility index (Phi) is 4.22. The van der Waals surface area contributed by atoms with E-state index in [2.05, 4.69) is 66.1 Å². The van der Waals surface area contributed by atoms with Gasteiger partial charge in [-0.25, -0.2) is 0 Å². The highest BCUT2D eigenvalue weighted by molar-refractivity contribution is 8.06. The van der Waals surface area contributed by atoms with Gasteiger partial charge in [0.1, 0.15) is 11.5 Å². The van der Waals surface area contributed by atoms with Gasteiger partial charge in [0.25, 0.3) is 0 Å². The summed E-state index contributed by atoms with van der Waals surface area (Å²) in [5.74, 6) is 1.90. The number of hydrogen-bond donors (Lipinski definition) is 0. The average molecular weight is 328 g/mol. The van der Waals surface area contributed by atoms with Gasteiger partial charge in [0.05, 0.1) is 4.91 Å². The topological polar surface area (TPSA) is 9.23 Å². The number of fused-ring (bicyclic) bond motifs is 3. The van der Waals surface area contributed by atoms with E-state index in [-0.39, 0.29) is 0 Å². The zero-order chi connectivity index (χ0) is 16.2. The maximum Gasteiger partial charge on any atom is 0.141 e. The maximum atomic E-state index is 5.76. The van der Waals surface area contributed by atoms with E-state index in [1.165, 1.54) is 15.7 Å². The van der Waals surface area contributed by atoms with Crippen LogP contribution >= 0.6 is 11.8 Å². The highest BCUT2D eigenvalue weighted by Crippen LogP contribution is 2.38. The van der Waals surface area contributed by atoms with Gasteiger partial charge in [0.15, 0.2) is 0 Å². The molecule has 0 aromatic heterocycles. The summed E-state index contributed by atoms with van der Waals surface area (Å²) in [4.78, 5) is 1.19. The van der Waals surface area contributed by atoms with E-state index in [9.17, 15) is 0 Å². The zero-order valence-electron chi connectivity index (χ0n) is 13.1. The Bertz CT molecular complexity index is 901. The summed E-state index contributed by atoms with van der Waals surface area (Å²) in [5.41, 5.74) is 1.16. The highest BCUT2D eigenvalue weighted by Gasteiger charge is 2.17. The normalized spacial score (nSPS) is 14.3. The van der Waals surface area contributed by atoms with Gasteiger partial charge in [-0.15, -0.1) is 0 Å². The van der Waals surface area contributed by atoms with Crippen molar-refractivity contribution in [3.63, 3.8) is 0 Å². The van der Waals surface area contributed by atoms with Gasteiger partial charge >= 0.3 is 0 Å². The highest BCUT2D eigenvalue weighted by atomic mass is 32.2. The molecule has 0 atom stereocenters. The number of para-hydroxylation sites is 1. The molecule has 2 heterocycles. The first-order valence-electron chi connectivity index (χ1n) is 7.86. The molecule has 0 aliphatic carbocycles. The van der Waals surface area contributed by atoms with Crippen LogP contribution in [0.4, 0.5) is 0 Å². The number of ether oxygens (including phenoxy) is 1. The summed E-state index contributed by atoms with van der Waals surface area (Å²) in [6.07, 6.45) is 6.17. The van der Waals surface area contributed by atoms with E-state index < -0.39 is 0 Å². The van der Waals surface area contributed by atoms with Crippen molar-refractivity contribution in [2.45, 2.75) is 0 Å². The van der Waals surface area contributed by atoms with Crippen LogP contribution in [0.3, 0.4) is 0 Å².